The third kappa shape index (κ3) is 5.21. The Bertz CT molecular complexity index is 1390. The highest BCUT2D eigenvalue weighted by Gasteiger charge is 2.39. The van der Waals surface area contributed by atoms with Crippen LogP contribution in [0.2, 0.25) is 0 Å². The van der Waals surface area contributed by atoms with Gasteiger partial charge in [0.25, 0.3) is 5.91 Å². The number of aryl methyl sites for hydroxylation is 1. The molecule has 0 radical (unpaired) electrons. The van der Waals surface area contributed by atoms with Gasteiger partial charge in [-0.05, 0) is 48.4 Å². The van der Waals surface area contributed by atoms with Crippen LogP contribution in [0.3, 0.4) is 0 Å². The standard InChI is InChI=1S/C27H22F2N4O2S/c1-16-8-10-17(11-9-16)22-14-23(18-4-2-5-19(28)12-18)33(32-22)27-31-26(35)24(36-27)15-25(34)30-21-7-3-6-20(29)13-21/h2-13,23-24H,14-15H2,1H3,(H,30,34). The molecule has 2 amide bonds. The summed E-state index contributed by atoms with van der Waals surface area (Å²) in [5, 5.41) is 8.65. The molecule has 182 valence electrons. The summed E-state index contributed by atoms with van der Waals surface area (Å²) in [5.74, 6) is -1.69. The third-order valence-corrected chi connectivity index (χ3v) is 7.07. The summed E-state index contributed by atoms with van der Waals surface area (Å²) >= 11 is 1.15. The van der Waals surface area contributed by atoms with Crippen LogP contribution in [-0.4, -0.2) is 33.0 Å². The SMILES string of the molecule is Cc1ccc(C2=NN(C3=NC(=O)C(CC(=O)Nc4cccc(F)c4)S3)C(c3cccc(F)c3)C2)cc1. The number of hydrazone groups is 1. The summed E-state index contributed by atoms with van der Waals surface area (Å²) in [6.07, 6.45) is 0.380. The number of carbonyl (C=O) groups excluding carboxylic acids is 2. The predicted octanol–water partition coefficient (Wildman–Crippen LogP) is 5.45. The van der Waals surface area contributed by atoms with E-state index in [4.69, 9.17) is 5.10 Å². The van der Waals surface area contributed by atoms with Gasteiger partial charge < -0.3 is 5.32 Å². The van der Waals surface area contributed by atoms with Crippen LogP contribution < -0.4 is 5.32 Å². The third-order valence-electron chi connectivity index (χ3n) is 5.93. The van der Waals surface area contributed by atoms with Gasteiger partial charge in [-0.1, -0.05) is 59.8 Å². The number of hydrogen-bond acceptors (Lipinski definition) is 5. The number of carbonyl (C=O) groups is 2. The molecule has 3 aromatic rings. The molecule has 0 aliphatic carbocycles. The first kappa shape index (κ1) is 23.9. The molecule has 2 atom stereocenters. The fraction of sp³-hybridized carbons (Fsp3) is 0.185. The monoisotopic (exact) mass is 504 g/mol. The highest BCUT2D eigenvalue weighted by atomic mass is 32.2. The Morgan fingerprint density at radius 3 is 2.50 bits per heavy atom. The summed E-state index contributed by atoms with van der Waals surface area (Å²) in [7, 11) is 0. The Morgan fingerprint density at radius 2 is 1.78 bits per heavy atom. The zero-order chi connectivity index (χ0) is 25.2. The number of amidine groups is 1. The van der Waals surface area contributed by atoms with Crippen molar-refractivity contribution in [3.8, 4) is 0 Å². The normalized spacial score (nSPS) is 19.3. The van der Waals surface area contributed by atoms with E-state index in [0.717, 1.165) is 28.6 Å². The average Bonchev–Trinajstić information content (AvgIpc) is 3.44. The summed E-state index contributed by atoms with van der Waals surface area (Å²) in [6.45, 7) is 2.00. The Balaban J connectivity index is 1.36. The predicted molar refractivity (Wildman–Crippen MR) is 137 cm³/mol. The molecule has 0 bridgehead atoms. The first-order chi connectivity index (χ1) is 17.4. The number of rotatable bonds is 5. The number of thioether (sulfide) groups is 1. The van der Waals surface area contributed by atoms with Crippen LogP contribution in [0.1, 0.15) is 35.6 Å². The molecule has 0 spiro atoms. The molecule has 0 saturated heterocycles. The first-order valence-electron chi connectivity index (χ1n) is 11.4. The summed E-state index contributed by atoms with van der Waals surface area (Å²) in [5.41, 5.74) is 3.88. The van der Waals surface area contributed by atoms with Crippen molar-refractivity contribution in [3.05, 3.63) is 101 Å². The number of hydrogen-bond donors (Lipinski definition) is 1. The lowest BCUT2D eigenvalue weighted by Crippen LogP contribution is -2.25. The molecule has 1 N–H and O–H groups in total. The summed E-state index contributed by atoms with van der Waals surface area (Å²) in [4.78, 5) is 29.4. The molecule has 0 fully saturated rings. The second-order valence-corrected chi connectivity index (χ2v) is 9.80. The van der Waals surface area contributed by atoms with Gasteiger partial charge in [-0.3, -0.25) is 9.59 Å². The van der Waals surface area contributed by atoms with Crippen molar-refractivity contribution >= 4 is 40.1 Å². The quantitative estimate of drug-likeness (QED) is 0.501. The minimum atomic E-state index is -0.736. The van der Waals surface area contributed by atoms with Crippen molar-refractivity contribution in [1.29, 1.82) is 0 Å². The van der Waals surface area contributed by atoms with Gasteiger partial charge in [-0.15, -0.1) is 0 Å². The number of benzene rings is 3. The minimum absolute atomic E-state index is 0.125. The maximum absolute atomic E-state index is 14.0. The molecule has 5 rings (SSSR count). The van der Waals surface area contributed by atoms with Gasteiger partial charge in [0.1, 0.15) is 16.9 Å². The molecular formula is C27H22F2N4O2S. The van der Waals surface area contributed by atoms with E-state index in [-0.39, 0.29) is 18.3 Å². The second kappa shape index (κ2) is 10.0. The van der Waals surface area contributed by atoms with Crippen molar-refractivity contribution in [2.45, 2.75) is 31.1 Å². The van der Waals surface area contributed by atoms with Gasteiger partial charge in [-0.25, -0.2) is 13.8 Å². The Hall–Kier alpha value is -3.85. The fourth-order valence-electron chi connectivity index (χ4n) is 4.13. The Morgan fingerprint density at radius 1 is 1.06 bits per heavy atom. The lowest BCUT2D eigenvalue weighted by Gasteiger charge is -2.23. The fourth-order valence-corrected chi connectivity index (χ4v) is 5.19. The van der Waals surface area contributed by atoms with Crippen molar-refractivity contribution in [2.24, 2.45) is 10.1 Å². The Labute approximate surface area is 211 Å². The topological polar surface area (TPSA) is 74.1 Å². The van der Waals surface area contributed by atoms with Crippen molar-refractivity contribution in [3.63, 3.8) is 0 Å². The van der Waals surface area contributed by atoms with Crippen LogP contribution in [0.15, 0.2) is 82.9 Å². The zero-order valence-electron chi connectivity index (χ0n) is 19.3. The van der Waals surface area contributed by atoms with E-state index in [1.807, 2.05) is 37.3 Å². The molecular weight excluding hydrogens is 482 g/mol. The van der Waals surface area contributed by atoms with E-state index in [2.05, 4.69) is 10.3 Å². The van der Waals surface area contributed by atoms with Gasteiger partial charge in [0.15, 0.2) is 5.17 Å². The van der Waals surface area contributed by atoms with Crippen LogP contribution >= 0.6 is 11.8 Å². The van der Waals surface area contributed by atoms with Crippen molar-refractivity contribution in [1.82, 2.24) is 5.01 Å². The maximum Gasteiger partial charge on any atom is 0.262 e. The van der Waals surface area contributed by atoms with Gasteiger partial charge in [-0.2, -0.15) is 10.1 Å². The van der Waals surface area contributed by atoms with Crippen LogP contribution in [0.25, 0.3) is 0 Å². The molecule has 36 heavy (non-hydrogen) atoms. The van der Waals surface area contributed by atoms with E-state index in [1.54, 1.807) is 17.1 Å². The second-order valence-electron chi connectivity index (χ2n) is 8.63. The van der Waals surface area contributed by atoms with Crippen molar-refractivity contribution in [2.75, 3.05) is 5.32 Å². The Kier molecular flexibility index (Phi) is 6.65. The van der Waals surface area contributed by atoms with E-state index >= 15 is 0 Å². The lowest BCUT2D eigenvalue weighted by atomic mass is 9.98. The molecule has 2 aliphatic rings. The van der Waals surface area contributed by atoms with Crippen LogP contribution in [0.5, 0.6) is 0 Å². The lowest BCUT2D eigenvalue weighted by molar-refractivity contribution is -0.121. The molecule has 9 heteroatoms. The smallest absolute Gasteiger partial charge is 0.262 e. The van der Waals surface area contributed by atoms with Crippen LogP contribution in [-0.2, 0) is 9.59 Å². The molecule has 0 aromatic heterocycles. The zero-order valence-corrected chi connectivity index (χ0v) is 20.1. The van der Waals surface area contributed by atoms with E-state index < -0.39 is 22.9 Å². The van der Waals surface area contributed by atoms with Crippen molar-refractivity contribution < 1.29 is 18.4 Å². The largest absolute Gasteiger partial charge is 0.326 e. The molecule has 2 unspecified atom stereocenters. The number of amides is 2. The number of halogens is 2. The number of anilines is 1. The summed E-state index contributed by atoms with van der Waals surface area (Å²) in [6, 6.07) is 19.4. The van der Waals surface area contributed by atoms with Gasteiger partial charge in [0.05, 0.1) is 11.8 Å². The van der Waals surface area contributed by atoms with Gasteiger partial charge in [0, 0.05) is 18.5 Å². The number of aliphatic imine (C=N–C) groups is 1. The molecule has 0 saturated carbocycles. The molecule has 2 heterocycles. The maximum atomic E-state index is 14.0. The average molecular weight is 505 g/mol. The molecule has 2 aliphatic heterocycles. The number of nitrogens with zero attached hydrogens (tertiary/aromatic N) is 3. The highest BCUT2D eigenvalue weighted by Crippen LogP contribution is 2.38. The highest BCUT2D eigenvalue weighted by molar-refractivity contribution is 8.15. The number of nitrogens with one attached hydrogen (secondary N) is 1. The van der Waals surface area contributed by atoms with E-state index in [9.17, 15) is 18.4 Å². The van der Waals surface area contributed by atoms with Crippen LogP contribution in [0.4, 0.5) is 14.5 Å². The molecule has 3 aromatic carbocycles. The van der Waals surface area contributed by atoms with Gasteiger partial charge >= 0.3 is 0 Å². The van der Waals surface area contributed by atoms with E-state index in [1.165, 1.54) is 30.3 Å². The molecule has 6 nitrogen and oxygen atoms in total. The van der Waals surface area contributed by atoms with Gasteiger partial charge in [0.2, 0.25) is 5.91 Å². The first-order valence-corrected chi connectivity index (χ1v) is 12.3. The van der Waals surface area contributed by atoms with E-state index in [0.29, 0.717) is 22.8 Å². The minimum Gasteiger partial charge on any atom is -0.326 e. The van der Waals surface area contributed by atoms with Crippen LogP contribution in [0, 0.1) is 18.6 Å². The summed E-state index contributed by atoms with van der Waals surface area (Å²) < 4.78 is 27.5.